The molecule has 19 heteroatoms. The van der Waals surface area contributed by atoms with E-state index in [9.17, 15) is 19.5 Å². The summed E-state index contributed by atoms with van der Waals surface area (Å²) in [4.78, 5) is 83.2. The number of anilines is 1. The summed E-state index contributed by atoms with van der Waals surface area (Å²) < 4.78 is 25.8. The van der Waals surface area contributed by atoms with E-state index in [2.05, 4.69) is 4.98 Å². The van der Waals surface area contributed by atoms with Gasteiger partial charge in [0.25, 0.3) is 5.91 Å². The standard InChI is InChI=1S/C54H63Cl2N7O10/c1-35(48(64)62-34-70-32-44(62)49(65)63(41-21-19-39(55)20-22-41)54(5)25-12-26-60(33-54)51(68)73-53(2,3)4)61(52(69)72-46(50(66)67)27-36-13-10-9-11-14-36)30-38-15-18-40(56)28-45(38)71-42-23-16-37(17-24-42)43-29-57-47(59(43)8)31-58(6)7/h9-11,13-24,28-29,35,44,46H,12,25-27,30-34H2,1-8H3,(H,66,67)/t35-,44-,46-,54-/m0/s1. The van der Waals surface area contributed by atoms with Crippen molar-refractivity contribution >= 4 is 58.9 Å². The lowest BCUT2D eigenvalue weighted by molar-refractivity contribution is -0.148. The average Bonchev–Trinajstić information content (AvgIpc) is 3.98. The van der Waals surface area contributed by atoms with Crippen molar-refractivity contribution in [2.45, 2.75) is 96.3 Å². The molecular weight excluding hydrogens is 978 g/mol. The number of amides is 4. The molecule has 0 bridgehead atoms. The van der Waals surface area contributed by atoms with E-state index >= 15 is 9.59 Å². The van der Waals surface area contributed by atoms with Crippen LogP contribution in [0.3, 0.4) is 0 Å². The molecule has 3 heterocycles. The number of piperidine rings is 1. The molecule has 4 amide bonds. The molecule has 2 fully saturated rings. The van der Waals surface area contributed by atoms with Crippen molar-refractivity contribution < 1.29 is 48.0 Å². The Hall–Kier alpha value is -6.66. The van der Waals surface area contributed by atoms with Gasteiger partial charge in [0.05, 0.1) is 37.1 Å². The van der Waals surface area contributed by atoms with Gasteiger partial charge < -0.3 is 48.2 Å². The minimum Gasteiger partial charge on any atom is -0.478 e. The lowest BCUT2D eigenvalue weighted by Gasteiger charge is -2.48. The molecule has 0 radical (unpaired) electrons. The fraction of sp³-hybridized carbons (Fsp3) is 0.407. The van der Waals surface area contributed by atoms with Crippen molar-refractivity contribution in [2.24, 2.45) is 7.05 Å². The van der Waals surface area contributed by atoms with E-state index in [1.54, 1.807) is 116 Å². The van der Waals surface area contributed by atoms with Gasteiger partial charge in [-0.05, 0) is 128 Å². The van der Waals surface area contributed by atoms with Crippen molar-refractivity contribution in [3.8, 4) is 22.8 Å². The highest BCUT2D eigenvalue weighted by molar-refractivity contribution is 6.31. The van der Waals surface area contributed by atoms with E-state index in [-0.39, 0.29) is 38.6 Å². The molecule has 1 N–H and O–H groups in total. The lowest BCUT2D eigenvalue weighted by atomic mass is 9.87. The van der Waals surface area contributed by atoms with Gasteiger partial charge in [-0.15, -0.1) is 0 Å². The second kappa shape index (κ2) is 23.0. The van der Waals surface area contributed by atoms with Gasteiger partial charge in [0.1, 0.15) is 41.7 Å². The molecule has 2 aliphatic rings. The number of aliphatic carboxylic acids is 1. The van der Waals surface area contributed by atoms with Crippen molar-refractivity contribution in [3.63, 3.8) is 0 Å². The van der Waals surface area contributed by atoms with Crippen LogP contribution in [0.4, 0.5) is 15.3 Å². The van der Waals surface area contributed by atoms with Crippen molar-refractivity contribution in [1.29, 1.82) is 0 Å². The van der Waals surface area contributed by atoms with E-state index in [4.69, 9.17) is 42.1 Å². The summed E-state index contributed by atoms with van der Waals surface area (Å²) in [5.41, 5.74) is 1.56. The molecule has 4 aromatic carbocycles. The number of hydrogen-bond donors (Lipinski definition) is 1. The Morgan fingerprint density at radius 2 is 1.62 bits per heavy atom. The van der Waals surface area contributed by atoms with E-state index in [0.29, 0.717) is 58.5 Å². The Bertz CT molecular complexity index is 2770. The summed E-state index contributed by atoms with van der Waals surface area (Å²) in [5.74, 6) is -0.972. The Morgan fingerprint density at radius 3 is 2.27 bits per heavy atom. The number of imidazole rings is 1. The number of carbonyl (C=O) groups excluding carboxylic acids is 4. The molecule has 2 saturated heterocycles. The molecule has 2 aliphatic heterocycles. The van der Waals surface area contributed by atoms with E-state index in [0.717, 1.165) is 22.0 Å². The largest absolute Gasteiger partial charge is 0.478 e. The van der Waals surface area contributed by atoms with Crippen LogP contribution in [0.5, 0.6) is 11.5 Å². The number of nitrogens with zero attached hydrogens (tertiary/aromatic N) is 7. The Kier molecular flexibility index (Phi) is 17.1. The minimum absolute atomic E-state index is 0.124. The summed E-state index contributed by atoms with van der Waals surface area (Å²) in [5, 5.41) is 11.1. The third-order valence-electron chi connectivity index (χ3n) is 12.8. The van der Waals surface area contributed by atoms with Crippen LogP contribution in [0.15, 0.2) is 103 Å². The fourth-order valence-electron chi connectivity index (χ4n) is 9.03. The molecule has 17 nitrogen and oxygen atoms in total. The number of benzene rings is 4. The number of carboxylic acids is 1. The molecule has 0 saturated carbocycles. The number of hydrogen-bond acceptors (Lipinski definition) is 11. The minimum atomic E-state index is -1.63. The van der Waals surface area contributed by atoms with Crippen LogP contribution < -0.4 is 9.64 Å². The summed E-state index contributed by atoms with van der Waals surface area (Å²) in [6.07, 6.45) is -0.537. The van der Waals surface area contributed by atoms with Gasteiger partial charge >= 0.3 is 18.2 Å². The third kappa shape index (κ3) is 13.3. The van der Waals surface area contributed by atoms with E-state index < -0.39 is 59.3 Å². The monoisotopic (exact) mass is 1040 g/mol. The topological polar surface area (TPSA) is 177 Å². The molecule has 0 aliphatic carbocycles. The quantitative estimate of drug-likeness (QED) is 0.0993. The van der Waals surface area contributed by atoms with Crippen LogP contribution >= 0.6 is 23.2 Å². The van der Waals surface area contributed by atoms with Gasteiger partial charge in [0.15, 0.2) is 0 Å². The maximum Gasteiger partial charge on any atom is 0.411 e. The maximum atomic E-state index is 15.3. The van der Waals surface area contributed by atoms with E-state index in [1.165, 1.54) is 11.8 Å². The summed E-state index contributed by atoms with van der Waals surface area (Å²) in [6.45, 7) is 9.13. The van der Waals surface area contributed by atoms with Crippen LogP contribution in [0.25, 0.3) is 11.3 Å². The van der Waals surface area contributed by atoms with Gasteiger partial charge in [-0.2, -0.15) is 0 Å². The molecule has 73 heavy (non-hydrogen) atoms. The van der Waals surface area contributed by atoms with Gasteiger partial charge in [-0.1, -0.05) is 59.6 Å². The molecule has 5 aromatic rings. The third-order valence-corrected chi connectivity index (χ3v) is 13.2. The van der Waals surface area contributed by atoms with E-state index in [1.807, 2.05) is 55.9 Å². The molecule has 0 unspecified atom stereocenters. The zero-order valence-corrected chi connectivity index (χ0v) is 43.9. The van der Waals surface area contributed by atoms with Gasteiger partial charge in [0.2, 0.25) is 12.0 Å². The van der Waals surface area contributed by atoms with Gasteiger partial charge in [-0.25, -0.2) is 19.4 Å². The first-order valence-corrected chi connectivity index (χ1v) is 24.8. The molecule has 4 atom stereocenters. The molecular formula is C54H63Cl2N7O10. The molecule has 388 valence electrons. The lowest BCUT2D eigenvalue weighted by Crippen LogP contribution is -2.64. The van der Waals surface area contributed by atoms with Crippen LogP contribution in [-0.2, 0) is 55.2 Å². The van der Waals surface area contributed by atoms with Gasteiger partial charge in [-0.3, -0.25) is 14.5 Å². The second-order valence-corrected chi connectivity index (χ2v) is 20.8. The highest BCUT2D eigenvalue weighted by Gasteiger charge is 2.48. The number of ether oxygens (including phenoxy) is 4. The molecule has 0 spiro atoms. The predicted octanol–water partition coefficient (Wildman–Crippen LogP) is 9.28. The SMILES string of the molecule is C[C@@H](C(=O)N1COC[C@H]1C(=O)N(c1ccc(Cl)cc1)[C@@]1(C)CCCN(C(=O)OC(C)(C)C)C1)N(Cc1ccc(Cl)cc1Oc1ccc(-c2cnc(CN(C)C)n2C)cc1)C(=O)O[C@@H](Cc1ccccc1)C(=O)O. The average molecular weight is 1040 g/mol. The van der Waals surface area contributed by atoms with Crippen molar-refractivity contribution in [2.75, 3.05) is 45.4 Å². The Balaban J connectivity index is 1.19. The first kappa shape index (κ1) is 54.1. The van der Waals surface area contributed by atoms with Crippen molar-refractivity contribution in [3.05, 3.63) is 130 Å². The predicted molar refractivity (Wildman–Crippen MR) is 276 cm³/mol. The normalized spacial score (nSPS) is 17.7. The highest BCUT2D eigenvalue weighted by atomic mass is 35.5. The first-order valence-electron chi connectivity index (χ1n) is 24.0. The smallest absolute Gasteiger partial charge is 0.411 e. The summed E-state index contributed by atoms with van der Waals surface area (Å²) >= 11 is 12.9. The summed E-state index contributed by atoms with van der Waals surface area (Å²) in [6, 6.07) is 25.1. The molecule has 1 aromatic heterocycles. The first-order chi connectivity index (χ1) is 34.6. The zero-order chi connectivity index (χ0) is 52.8. The molecule has 7 rings (SSSR count). The Labute approximate surface area is 436 Å². The van der Waals surface area contributed by atoms with Gasteiger partial charge in [0, 0.05) is 53.4 Å². The number of carbonyl (C=O) groups is 5. The zero-order valence-electron chi connectivity index (χ0n) is 42.4. The number of rotatable bonds is 16. The number of carboxylic acid groups (broad SMARTS) is 1. The maximum absolute atomic E-state index is 15.3. The highest BCUT2D eigenvalue weighted by Crippen LogP contribution is 2.37. The number of halogens is 2. The van der Waals surface area contributed by atoms with Crippen molar-refractivity contribution in [1.82, 2.24) is 29.2 Å². The van der Waals surface area contributed by atoms with Crippen LogP contribution in [0.2, 0.25) is 10.0 Å². The Morgan fingerprint density at radius 1 is 0.932 bits per heavy atom. The fourth-order valence-corrected chi connectivity index (χ4v) is 9.32. The van der Waals surface area contributed by atoms with Crippen LogP contribution in [0, 0.1) is 0 Å². The van der Waals surface area contributed by atoms with Crippen LogP contribution in [0.1, 0.15) is 64.4 Å². The summed E-state index contributed by atoms with van der Waals surface area (Å²) in [7, 11) is 5.91. The van der Waals surface area contributed by atoms with Crippen LogP contribution in [-0.4, -0.2) is 134 Å². The number of likely N-dealkylation sites (tertiary alicyclic amines) is 1. The number of aromatic nitrogens is 2. The second-order valence-electron chi connectivity index (χ2n) is 19.9.